The van der Waals surface area contributed by atoms with E-state index in [4.69, 9.17) is 21.1 Å². The van der Waals surface area contributed by atoms with Crippen molar-refractivity contribution in [2.24, 2.45) is 0 Å². The molecule has 3 aromatic heterocycles. The molecule has 180 valence electrons. The topological polar surface area (TPSA) is 131 Å². The van der Waals surface area contributed by atoms with Crippen LogP contribution < -0.4 is 21.3 Å². The number of hydrogen-bond acceptors (Lipinski definition) is 8. The first-order valence-corrected chi connectivity index (χ1v) is 11.2. The third kappa shape index (κ3) is 4.62. The van der Waals surface area contributed by atoms with Crippen molar-refractivity contribution in [1.82, 2.24) is 29.7 Å². The number of H-pyrrole nitrogens is 1. The van der Waals surface area contributed by atoms with Crippen LogP contribution in [0, 0.1) is 6.92 Å². The van der Waals surface area contributed by atoms with Gasteiger partial charge in [0.05, 0.1) is 11.4 Å². The monoisotopic (exact) mass is 488 g/mol. The van der Waals surface area contributed by atoms with Crippen LogP contribution in [0.15, 0.2) is 27.9 Å². The van der Waals surface area contributed by atoms with E-state index in [0.717, 1.165) is 5.56 Å². The predicted octanol–water partition coefficient (Wildman–Crippen LogP) is 1.93. The SMILES string of the molecule is Cc1ccnc(C(C)C)c1-n1c(=O)[nH]c(=O)c2c(OCOC(=O)N3CCNCC3)cc(Cl)nc21. The predicted molar refractivity (Wildman–Crippen MR) is 126 cm³/mol. The highest BCUT2D eigenvalue weighted by atomic mass is 35.5. The van der Waals surface area contributed by atoms with Crippen molar-refractivity contribution in [1.29, 1.82) is 0 Å². The maximum absolute atomic E-state index is 13.0. The van der Waals surface area contributed by atoms with Crippen molar-refractivity contribution < 1.29 is 14.3 Å². The number of nitrogens with zero attached hydrogens (tertiary/aromatic N) is 4. The van der Waals surface area contributed by atoms with Crippen molar-refractivity contribution >= 4 is 28.7 Å². The van der Waals surface area contributed by atoms with Crippen LogP contribution in [-0.2, 0) is 4.74 Å². The Balaban J connectivity index is 1.76. The third-order valence-electron chi connectivity index (χ3n) is 5.49. The number of hydrogen-bond donors (Lipinski definition) is 2. The zero-order valence-corrected chi connectivity index (χ0v) is 19.8. The molecular formula is C22H25ClN6O5. The van der Waals surface area contributed by atoms with Gasteiger partial charge in [-0.2, -0.15) is 0 Å². The van der Waals surface area contributed by atoms with Crippen LogP contribution in [0.2, 0.25) is 5.15 Å². The molecule has 12 heteroatoms. The van der Waals surface area contributed by atoms with Gasteiger partial charge in [0.15, 0.2) is 5.65 Å². The van der Waals surface area contributed by atoms with E-state index in [9.17, 15) is 14.4 Å². The van der Waals surface area contributed by atoms with Gasteiger partial charge in [-0.3, -0.25) is 14.8 Å². The van der Waals surface area contributed by atoms with Gasteiger partial charge in [0.1, 0.15) is 16.3 Å². The second-order valence-electron chi connectivity index (χ2n) is 8.16. The Morgan fingerprint density at radius 3 is 2.71 bits per heavy atom. The molecule has 2 N–H and O–H groups in total. The Kier molecular flexibility index (Phi) is 6.85. The average Bonchev–Trinajstić information content (AvgIpc) is 2.79. The minimum absolute atomic E-state index is 0.000167. The molecule has 1 amide bonds. The number of amides is 1. The molecule has 0 aromatic carbocycles. The number of ether oxygens (including phenoxy) is 2. The van der Waals surface area contributed by atoms with E-state index in [-0.39, 0.29) is 27.9 Å². The Bertz CT molecular complexity index is 1350. The lowest BCUT2D eigenvalue weighted by Gasteiger charge is -2.26. The number of carbonyl (C=O) groups is 1. The molecule has 0 atom stereocenters. The molecule has 3 aromatic rings. The molecule has 0 saturated carbocycles. The maximum atomic E-state index is 13.0. The van der Waals surface area contributed by atoms with Gasteiger partial charge in [-0.1, -0.05) is 25.4 Å². The summed E-state index contributed by atoms with van der Waals surface area (Å²) in [7, 11) is 0. The largest absolute Gasteiger partial charge is 0.456 e. The van der Waals surface area contributed by atoms with Crippen LogP contribution in [0.5, 0.6) is 5.75 Å². The van der Waals surface area contributed by atoms with Crippen molar-refractivity contribution in [2.45, 2.75) is 26.7 Å². The summed E-state index contributed by atoms with van der Waals surface area (Å²) in [5, 5.41) is 3.15. The summed E-state index contributed by atoms with van der Waals surface area (Å²) in [6, 6.07) is 3.11. The quantitative estimate of drug-likeness (QED) is 0.411. The molecule has 4 rings (SSSR count). The summed E-state index contributed by atoms with van der Waals surface area (Å²) in [6.07, 6.45) is 1.14. The number of halogens is 1. The van der Waals surface area contributed by atoms with Gasteiger partial charge < -0.3 is 19.7 Å². The summed E-state index contributed by atoms with van der Waals surface area (Å²) in [4.78, 5) is 50.6. The summed E-state index contributed by atoms with van der Waals surface area (Å²) in [5.74, 6) is 0.0221. The van der Waals surface area contributed by atoms with Gasteiger partial charge >= 0.3 is 11.8 Å². The summed E-state index contributed by atoms with van der Waals surface area (Å²) >= 11 is 6.24. The van der Waals surface area contributed by atoms with Crippen LogP contribution in [0.3, 0.4) is 0 Å². The van der Waals surface area contributed by atoms with E-state index < -0.39 is 24.1 Å². The molecule has 0 radical (unpaired) electrons. The molecule has 0 unspecified atom stereocenters. The maximum Gasteiger partial charge on any atom is 0.412 e. The lowest BCUT2D eigenvalue weighted by molar-refractivity contribution is 0.0335. The molecule has 0 aliphatic carbocycles. The highest BCUT2D eigenvalue weighted by Gasteiger charge is 2.22. The Labute approximate surface area is 199 Å². The highest BCUT2D eigenvalue weighted by Crippen LogP contribution is 2.29. The molecular weight excluding hydrogens is 464 g/mol. The second kappa shape index (κ2) is 9.82. The first-order chi connectivity index (χ1) is 16.3. The number of carbonyl (C=O) groups excluding carboxylic acids is 1. The fraction of sp³-hybridized carbons (Fsp3) is 0.409. The lowest BCUT2D eigenvalue weighted by Crippen LogP contribution is -2.46. The van der Waals surface area contributed by atoms with Gasteiger partial charge in [-0.25, -0.2) is 19.1 Å². The number of nitrogens with one attached hydrogen (secondary N) is 2. The number of fused-ring (bicyclic) bond motifs is 1. The van der Waals surface area contributed by atoms with Crippen LogP contribution >= 0.6 is 11.6 Å². The number of pyridine rings is 2. The van der Waals surface area contributed by atoms with Gasteiger partial charge in [0.25, 0.3) is 5.56 Å². The van der Waals surface area contributed by atoms with Crippen LogP contribution in [0.1, 0.15) is 31.0 Å². The van der Waals surface area contributed by atoms with E-state index in [1.807, 2.05) is 20.8 Å². The van der Waals surface area contributed by atoms with Crippen LogP contribution in [0.4, 0.5) is 4.79 Å². The van der Waals surface area contributed by atoms with Crippen LogP contribution in [-0.4, -0.2) is 63.5 Å². The zero-order chi connectivity index (χ0) is 24.4. The van der Waals surface area contributed by atoms with Gasteiger partial charge in [0, 0.05) is 38.4 Å². The minimum Gasteiger partial charge on any atom is -0.456 e. The molecule has 11 nitrogen and oxygen atoms in total. The Hall–Kier alpha value is -3.44. The number of aryl methyl sites for hydroxylation is 1. The number of aromatic nitrogens is 4. The molecule has 1 aliphatic heterocycles. The highest BCUT2D eigenvalue weighted by molar-refractivity contribution is 6.30. The average molecular weight is 489 g/mol. The fourth-order valence-corrected chi connectivity index (χ4v) is 4.03. The molecule has 1 saturated heterocycles. The zero-order valence-electron chi connectivity index (χ0n) is 19.1. The normalized spacial score (nSPS) is 14.0. The summed E-state index contributed by atoms with van der Waals surface area (Å²) in [5.41, 5.74) is 0.572. The van der Waals surface area contributed by atoms with Gasteiger partial charge in [0.2, 0.25) is 6.79 Å². The van der Waals surface area contributed by atoms with Crippen LogP contribution in [0.25, 0.3) is 16.7 Å². The minimum atomic E-state index is -0.698. The standard InChI is InChI=1S/C22H25ClN6O5/c1-12(2)17-18(13(3)4-5-25-17)29-19-16(20(30)27-21(29)31)14(10-15(23)26-19)33-11-34-22(32)28-8-6-24-7-9-28/h4-5,10,12,24H,6-9,11H2,1-3H3,(H,27,30,31). The van der Waals surface area contributed by atoms with Crippen molar-refractivity contribution in [3.8, 4) is 11.4 Å². The number of piperazine rings is 1. The molecule has 34 heavy (non-hydrogen) atoms. The first kappa shape index (κ1) is 23.7. The van der Waals surface area contributed by atoms with Gasteiger partial charge in [-0.05, 0) is 24.5 Å². The molecule has 4 heterocycles. The molecule has 1 aliphatic rings. The van der Waals surface area contributed by atoms with E-state index in [1.54, 1.807) is 17.2 Å². The smallest absolute Gasteiger partial charge is 0.412 e. The fourth-order valence-electron chi connectivity index (χ4n) is 3.86. The lowest BCUT2D eigenvalue weighted by atomic mass is 10.0. The van der Waals surface area contributed by atoms with E-state index in [2.05, 4.69) is 20.3 Å². The third-order valence-corrected chi connectivity index (χ3v) is 5.69. The molecule has 1 fully saturated rings. The Morgan fingerprint density at radius 1 is 1.26 bits per heavy atom. The van der Waals surface area contributed by atoms with E-state index in [0.29, 0.717) is 37.6 Å². The first-order valence-electron chi connectivity index (χ1n) is 10.8. The second-order valence-corrected chi connectivity index (χ2v) is 8.55. The van der Waals surface area contributed by atoms with Crippen molar-refractivity contribution in [3.63, 3.8) is 0 Å². The summed E-state index contributed by atoms with van der Waals surface area (Å²) in [6.45, 7) is 7.70. The Morgan fingerprint density at radius 2 is 2.00 bits per heavy atom. The number of rotatable bonds is 5. The van der Waals surface area contributed by atoms with E-state index in [1.165, 1.54) is 10.6 Å². The van der Waals surface area contributed by atoms with E-state index >= 15 is 0 Å². The van der Waals surface area contributed by atoms with Crippen molar-refractivity contribution in [2.75, 3.05) is 33.0 Å². The molecule has 0 spiro atoms. The van der Waals surface area contributed by atoms with Crippen molar-refractivity contribution in [3.05, 3.63) is 55.6 Å². The van der Waals surface area contributed by atoms with Gasteiger partial charge in [-0.15, -0.1) is 0 Å². The molecule has 0 bridgehead atoms. The number of aromatic amines is 1. The summed E-state index contributed by atoms with van der Waals surface area (Å²) < 4.78 is 12.1.